The maximum absolute atomic E-state index is 8.89. The normalized spacial score (nSPS) is 16.8. The van der Waals surface area contributed by atoms with Crippen LogP contribution >= 0.6 is 0 Å². The molecule has 1 fully saturated rings. The minimum atomic E-state index is 0.742. The average Bonchev–Trinajstić information content (AvgIpc) is 2.40. The molecule has 1 aromatic carbocycles. The molecule has 1 aromatic rings. The molecule has 0 amide bonds. The van der Waals surface area contributed by atoms with Crippen molar-refractivity contribution < 1.29 is 0 Å². The quantitative estimate of drug-likeness (QED) is 0.863. The van der Waals surface area contributed by atoms with Gasteiger partial charge in [0.1, 0.15) is 0 Å². The van der Waals surface area contributed by atoms with Gasteiger partial charge in [-0.15, -0.1) is 0 Å². The Morgan fingerprint density at radius 2 is 2.12 bits per heavy atom. The molecule has 0 unspecified atom stereocenters. The number of nitriles is 1. The molecule has 17 heavy (non-hydrogen) atoms. The minimum Gasteiger partial charge on any atom is -0.371 e. The Balaban J connectivity index is 1.98. The summed E-state index contributed by atoms with van der Waals surface area (Å²) in [5.74, 6) is 0.787. The van der Waals surface area contributed by atoms with Gasteiger partial charge in [0.2, 0.25) is 0 Å². The zero-order chi connectivity index (χ0) is 12.1. The number of rotatable bonds is 3. The summed E-state index contributed by atoms with van der Waals surface area (Å²) in [5.41, 5.74) is 7.51. The summed E-state index contributed by atoms with van der Waals surface area (Å²) >= 11 is 0. The number of hydrogen-bond donors (Lipinski definition) is 1. The van der Waals surface area contributed by atoms with Crippen LogP contribution in [0.5, 0.6) is 0 Å². The van der Waals surface area contributed by atoms with Crippen LogP contribution in [0.15, 0.2) is 24.3 Å². The summed E-state index contributed by atoms with van der Waals surface area (Å²) in [4.78, 5) is 2.37. The Morgan fingerprint density at radius 3 is 2.76 bits per heavy atom. The lowest BCUT2D eigenvalue weighted by Crippen LogP contribution is -2.34. The van der Waals surface area contributed by atoms with Gasteiger partial charge in [0.25, 0.3) is 0 Å². The summed E-state index contributed by atoms with van der Waals surface area (Å²) in [6.45, 7) is 2.97. The molecule has 3 nitrogen and oxygen atoms in total. The molecule has 3 heteroatoms. The Bertz CT molecular complexity index is 400. The Labute approximate surface area is 103 Å². The van der Waals surface area contributed by atoms with Crippen LogP contribution in [0.3, 0.4) is 0 Å². The van der Waals surface area contributed by atoms with E-state index in [1.54, 1.807) is 0 Å². The van der Waals surface area contributed by atoms with E-state index < -0.39 is 0 Å². The summed E-state index contributed by atoms with van der Waals surface area (Å²) in [6, 6.07) is 10.1. The SMILES string of the molecule is N#Cc1cccc(N2CCC(CCN)CC2)c1. The van der Waals surface area contributed by atoms with Gasteiger partial charge in [0.15, 0.2) is 0 Å². The molecular weight excluding hydrogens is 210 g/mol. The van der Waals surface area contributed by atoms with Crippen molar-refractivity contribution in [3.05, 3.63) is 29.8 Å². The highest BCUT2D eigenvalue weighted by Gasteiger charge is 2.18. The number of benzene rings is 1. The van der Waals surface area contributed by atoms with Crippen LogP contribution in [0.25, 0.3) is 0 Å². The lowest BCUT2D eigenvalue weighted by Gasteiger charge is -2.33. The van der Waals surface area contributed by atoms with Crippen LogP contribution in [-0.4, -0.2) is 19.6 Å². The molecule has 90 valence electrons. The fraction of sp³-hybridized carbons (Fsp3) is 0.500. The highest BCUT2D eigenvalue weighted by Crippen LogP contribution is 2.25. The first-order valence-electron chi connectivity index (χ1n) is 6.28. The molecule has 1 aliphatic heterocycles. The van der Waals surface area contributed by atoms with Crippen molar-refractivity contribution >= 4 is 5.69 Å². The molecule has 2 rings (SSSR count). The summed E-state index contributed by atoms with van der Waals surface area (Å²) < 4.78 is 0. The molecule has 1 aliphatic rings. The zero-order valence-electron chi connectivity index (χ0n) is 10.1. The highest BCUT2D eigenvalue weighted by atomic mass is 15.1. The smallest absolute Gasteiger partial charge is 0.0992 e. The summed E-state index contributed by atoms with van der Waals surface area (Å²) in [6.07, 6.45) is 3.58. The topological polar surface area (TPSA) is 53.0 Å². The van der Waals surface area contributed by atoms with Crippen molar-refractivity contribution in [3.63, 3.8) is 0 Å². The van der Waals surface area contributed by atoms with Crippen molar-refractivity contribution in [2.24, 2.45) is 11.7 Å². The van der Waals surface area contributed by atoms with E-state index in [2.05, 4.69) is 17.0 Å². The van der Waals surface area contributed by atoms with Crippen LogP contribution < -0.4 is 10.6 Å². The standard InChI is InChI=1S/C14H19N3/c15-7-4-12-5-8-17(9-6-12)14-3-1-2-13(10-14)11-16/h1-3,10,12H,4-9,15H2. The van der Waals surface area contributed by atoms with Crippen LogP contribution in [0, 0.1) is 17.2 Å². The first-order chi connectivity index (χ1) is 8.33. The van der Waals surface area contributed by atoms with Gasteiger partial charge < -0.3 is 10.6 Å². The first-order valence-corrected chi connectivity index (χ1v) is 6.28. The second-order valence-electron chi connectivity index (χ2n) is 4.67. The van der Waals surface area contributed by atoms with Crippen LogP contribution in [0.1, 0.15) is 24.8 Å². The lowest BCUT2D eigenvalue weighted by molar-refractivity contribution is 0.386. The molecule has 1 saturated heterocycles. The van der Waals surface area contributed by atoms with Crippen molar-refractivity contribution in [2.45, 2.75) is 19.3 Å². The first kappa shape index (κ1) is 11.9. The Kier molecular flexibility index (Phi) is 4.00. The largest absolute Gasteiger partial charge is 0.371 e. The fourth-order valence-electron chi connectivity index (χ4n) is 2.49. The average molecular weight is 229 g/mol. The van der Waals surface area contributed by atoms with Gasteiger partial charge in [-0.3, -0.25) is 0 Å². The minimum absolute atomic E-state index is 0.742. The monoisotopic (exact) mass is 229 g/mol. The highest BCUT2D eigenvalue weighted by molar-refractivity contribution is 5.51. The molecule has 0 aromatic heterocycles. The second kappa shape index (κ2) is 5.70. The predicted molar refractivity (Wildman–Crippen MR) is 69.8 cm³/mol. The lowest BCUT2D eigenvalue weighted by atomic mass is 9.93. The summed E-state index contributed by atoms with van der Waals surface area (Å²) in [5, 5.41) is 8.89. The molecule has 0 saturated carbocycles. The second-order valence-corrected chi connectivity index (χ2v) is 4.67. The van der Waals surface area contributed by atoms with Crippen molar-refractivity contribution in [1.82, 2.24) is 0 Å². The third kappa shape index (κ3) is 2.98. The van der Waals surface area contributed by atoms with Gasteiger partial charge in [-0.1, -0.05) is 6.07 Å². The van der Waals surface area contributed by atoms with E-state index in [4.69, 9.17) is 11.0 Å². The molecule has 0 atom stereocenters. The third-order valence-corrected chi connectivity index (χ3v) is 3.53. The molecule has 1 heterocycles. The Morgan fingerprint density at radius 1 is 1.35 bits per heavy atom. The molecule has 0 bridgehead atoms. The third-order valence-electron chi connectivity index (χ3n) is 3.53. The number of nitrogens with zero attached hydrogens (tertiary/aromatic N) is 2. The van der Waals surface area contributed by atoms with Gasteiger partial charge in [-0.2, -0.15) is 5.26 Å². The van der Waals surface area contributed by atoms with E-state index >= 15 is 0 Å². The van der Waals surface area contributed by atoms with Crippen LogP contribution in [0.2, 0.25) is 0 Å². The maximum Gasteiger partial charge on any atom is 0.0992 e. The van der Waals surface area contributed by atoms with E-state index in [9.17, 15) is 0 Å². The van der Waals surface area contributed by atoms with E-state index in [-0.39, 0.29) is 0 Å². The van der Waals surface area contributed by atoms with Crippen molar-refractivity contribution in [1.29, 1.82) is 5.26 Å². The zero-order valence-corrected chi connectivity index (χ0v) is 10.1. The number of piperidine rings is 1. The van der Waals surface area contributed by atoms with Crippen LogP contribution in [-0.2, 0) is 0 Å². The van der Waals surface area contributed by atoms with Gasteiger partial charge >= 0.3 is 0 Å². The number of anilines is 1. The molecule has 0 aliphatic carbocycles. The Hall–Kier alpha value is -1.53. The number of hydrogen-bond acceptors (Lipinski definition) is 3. The predicted octanol–water partition coefficient (Wildman–Crippen LogP) is 2.12. The van der Waals surface area contributed by atoms with Gasteiger partial charge in [0, 0.05) is 18.8 Å². The van der Waals surface area contributed by atoms with Gasteiger partial charge in [0.05, 0.1) is 11.6 Å². The van der Waals surface area contributed by atoms with Gasteiger partial charge in [-0.25, -0.2) is 0 Å². The fourth-order valence-corrected chi connectivity index (χ4v) is 2.49. The maximum atomic E-state index is 8.89. The molecule has 2 N–H and O–H groups in total. The van der Waals surface area contributed by atoms with E-state index in [1.807, 2.05) is 18.2 Å². The van der Waals surface area contributed by atoms with E-state index in [1.165, 1.54) is 18.5 Å². The molecule has 0 radical (unpaired) electrons. The van der Waals surface area contributed by atoms with E-state index in [0.29, 0.717) is 0 Å². The molecule has 0 spiro atoms. The summed E-state index contributed by atoms with van der Waals surface area (Å²) in [7, 11) is 0. The molecular formula is C14H19N3. The van der Waals surface area contributed by atoms with Crippen molar-refractivity contribution in [3.8, 4) is 6.07 Å². The van der Waals surface area contributed by atoms with Crippen molar-refractivity contribution in [2.75, 3.05) is 24.5 Å². The number of nitrogens with two attached hydrogens (primary N) is 1. The van der Waals surface area contributed by atoms with Crippen LogP contribution in [0.4, 0.5) is 5.69 Å². The van der Waals surface area contributed by atoms with Gasteiger partial charge in [-0.05, 0) is 49.9 Å². The van der Waals surface area contributed by atoms with E-state index in [0.717, 1.165) is 37.5 Å².